The number of aromatic nitrogens is 2. The van der Waals surface area contributed by atoms with E-state index in [1.807, 2.05) is 35.4 Å². The summed E-state index contributed by atoms with van der Waals surface area (Å²) in [4.78, 5) is 27.4. The third-order valence-corrected chi connectivity index (χ3v) is 8.26. The monoisotopic (exact) mass is 490 g/mol. The fraction of sp³-hybridized carbons (Fsp3) is 0.519. The number of carbonyl (C=O) groups excluding carboxylic acids is 1. The van der Waals surface area contributed by atoms with Gasteiger partial charge in [-0.2, -0.15) is 4.98 Å². The summed E-state index contributed by atoms with van der Waals surface area (Å²) in [6.07, 6.45) is 10.5. The van der Waals surface area contributed by atoms with Crippen molar-refractivity contribution in [2.45, 2.75) is 75.1 Å². The Balaban J connectivity index is 1.25. The van der Waals surface area contributed by atoms with Gasteiger partial charge in [-0.25, -0.2) is 9.78 Å². The Hall–Kier alpha value is -3.17. The van der Waals surface area contributed by atoms with Crippen molar-refractivity contribution in [1.29, 1.82) is 0 Å². The number of anilines is 4. The van der Waals surface area contributed by atoms with Crippen molar-refractivity contribution in [3.05, 3.63) is 48.7 Å². The van der Waals surface area contributed by atoms with Crippen LogP contribution < -0.4 is 15.5 Å². The average Bonchev–Trinajstić information content (AvgIpc) is 3.73. The molecule has 0 saturated heterocycles. The fourth-order valence-electron chi connectivity index (χ4n) is 5.96. The molecule has 190 valence electrons. The number of aliphatic hydroxyl groups is 1. The third kappa shape index (κ3) is 4.20. The van der Waals surface area contributed by atoms with Crippen molar-refractivity contribution in [3.63, 3.8) is 0 Å². The number of benzene rings is 1. The van der Waals surface area contributed by atoms with Gasteiger partial charge in [0.05, 0.1) is 30.1 Å². The summed E-state index contributed by atoms with van der Waals surface area (Å²) in [7, 11) is 0. The van der Waals surface area contributed by atoms with E-state index in [2.05, 4.69) is 27.1 Å². The first-order valence-corrected chi connectivity index (χ1v) is 13.0. The topological polar surface area (TPSA) is 103 Å². The van der Waals surface area contributed by atoms with Gasteiger partial charge in [-0.1, -0.05) is 18.2 Å². The summed E-state index contributed by atoms with van der Waals surface area (Å²) in [5.74, 6) is 1.18. The van der Waals surface area contributed by atoms with E-state index in [0.29, 0.717) is 25.8 Å². The van der Waals surface area contributed by atoms with Crippen LogP contribution in [0.1, 0.15) is 56.9 Å². The fourth-order valence-corrected chi connectivity index (χ4v) is 5.96. The number of nitrogens with one attached hydrogen (secondary N) is 2. The molecule has 4 aliphatic carbocycles. The number of urea groups is 1. The van der Waals surface area contributed by atoms with Gasteiger partial charge < -0.3 is 25.4 Å². The Kier molecular flexibility index (Phi) is 5.84. The van der Waals surface area contributed by atoms with Crippen LogP contribution in [0.4, 0.5) is 27.9 Å². The van der Waals surface area contributed by atoms with Crippen LogP contribution in [0.25, 0.3) is 0 Å². The second-order valence-corrected chi connectivity index (χ2v) is 10.6. The molecule has 3 N–H and O–H groups in total. The lowest BCUT2D eigenvalue weighted by atomic mass is 9.62. The first kappa shape index (κ1) is 23.2. The highest BCUT2D eigenvalue weighted by Crippen LogP contribution is 2.52. The van der Waals surface area contributed by atoms with E-state index in [0.717, 1.165) is 74.1 Å². The van der Waals surface area contributed by atoms with Crippen molar-refractivity contribution < 1.29 is 14.6 Å². The van der Waals surface area contributed by atoms with Crippen LogP contribution >= 0.6 is 0 Å². The third-order valence-electron chi connectivity index (χ3n) is 8.26. The Morgan fingerprint density at radius 2 is 1.86 bits per heavy atom. The van der Waals surface area contributed by atoms with E-state index < -0.39 is 5.60 Å². The van der Waals surface area contributed by atoms with E-state index in [-0.39, 0.29) is 17.6 Å². The molecule has 2 heterocycles. The summed E-state index contributed by atoms with van der Waals surface area (Å²) < 4.78 is 5.46. The summed E-state index contributed by atoms with van der Waals surface area (Å²) >= 11 is 0. The summed E-state index contributed by atoms with van der Waals surface area (Å²) in [5, 5.41) is 17.3. The number of hydrogen-bond donors (Lipinski definition) is 3. The SMILES string of the molecule is C=CCOCNc1ccccc1Nc1ncc2c(n1)N(C1CC1)C(=O)N(C13CCC(O)(CC1)CC3)C2. The molecule has 9 heteroatoms. The number of ether oxygens (including phenoxy) is 1. The second-order valence-electron chi connectivity index (χ2n) is 10.6. The highest BCUT2D eigenvalue weighted by Gasteiger charge is 2.55. The summed E-state index contributed by atoms with van der Waals surface area (Å²) in [5.41, 5.74) is 2.00. The zero-order valence-corrected chi connectivity index (χ0v) is 20.6. The highest BCUT2D eigenvalue weighted by atomic mass is 16.5. The number of amides is 2. The maximum atomic E-state index is 13.9. The minimum atomic E-state index is -0.527. The van der Waals surface area contributed by atoms with Gasteiger partial charge in [0.15, 0.2) is 0 Å². The molecule has 7 rings (SSSR count). The smallest absolute Gasteiger partial charge is 0.326 e. The molecule has 2 bridgehead atoms. The van der Waals surface area contributed by atoms with Crippen molar-refractivity contribution in [1.82, 2.24) is 14.9 Å². The Morgan fingerprint density at radius 1 is 1.14 bits per heavy atom. The molecule has 2 aromatic rings. The van der Waals surface area contributed by atoms with Crippen molar-refractivity contribution in [2.24, 2.45) is 0 Å². The highest BCUT2D eigenvalue weighted by molar-refractivity contribution is 5.95. The molecule has 1 aromatic heterocycles. The molecule has 36 heavy (non-hydrogen) atoms. The van der Waals surface area contributed by atoms with Gasteiger partial charge in [0, 0.05) is 23.3 Å². The molecule has 0 radical (unpaired) electrons. The van der Waals surface area contributed by atoms with E-state index in [9.17, 15) is 9.90 Å². The average molecular weight is 491 g/mol. The number of rotatable bonds is 9. The van der Waals surface area contributed by atoms with Gasteiger partial charge in [0.25, 0.3) is 0 Å². The number of fused-ring (bicyclic) bond motifs is 4. The maximum absolute atomic E-state index is 13.9. The Labute approximate surface area is 211 Å². The molecule has 5 aliphatic rings. The Bertz CT molecular complexity index is 1140. The second kappa shape index (κ2) is 9.05. The van der Waals surface area contributed by atoms with Gasteiger partial charge >= 0.3 is 6.03 Å². The maximum Gasteiger partial charge on any atom is 0.326 e. The molecule has 0 spiro atoms. The van der Waals surface area contributed by atoms with Crippen molar-refractivity contribution in [3.8, 4) is 0 Å². The lowest BCUT2D eigenvalue weighted by Gasteiger charge is -2.57. The lowest BCUT2D eigenvalue weighted by Crippen LogP contribution is -2.64. The molecule has 2 amide bonds. The van der Waals surface area contributed by atoms with Gasteiger partial charge in [-0.15, -0.1) is 6.58 Å². The zero-order valence-electron chi connectivity index (χ0n) is 20.6. The van der Waals surface area contributed by atoms with Crippen molar-refractivity contribution in [2.75, 3.05) is 28.9 Å². The molecule has 4 saturated carbocycles. The molecule has 1 aromatic carbocycles. The minimum Gasteiger partial charge on any atom is -0.390 e. The lowest BCUT2D eigenvalue weighted by molar-refractivity contribution is -0.101. The zero-order chi connectivity index (χ0) is 24.8. The van der Waals surface area contributed by atoms with Crippen LogP contribution in [0.3, 0.4) is 0 Å². The van der Waals surface area contributed by atoms with E-state index in [1.54, 1.807) is 6.08 Å². The van der Waals surface area contributed by atoms with Gasteiger partial charge in [-0.05, 0) is 63.5 Å². The van der Waals surface area contributed by atoms with Crippen LogP contribution in [-0.4, -0.2) is 56.5 Å². The first-order valence-electron chi connectivity index (χ1n) is 13.0. The van der Waals surface area contributed by atoms with Gasteiger partial charge in [0.1, 0.15) is 12.5 Å². The predicted octanol–water partition coefficient (Wildman–Crippen LogP) is 4.53. The van der Waals surface area contributed by atoms with E-state index >= 15 is 0 Å². The van der Waals surface area contributed by atoms with Crippen LogP contribution in [-0.2, 0) is 11.3 Å². The van der Waals surface area contributed by atoms with Crippen molar-refractivity contribution >= 4 is 29.2 Å². The largest absolute Gasteiger partial charge is 0.390 e. The normalized spacial score (nSPS) is 27.1. The summed E-state index contributed by atoms with van der Waals surface area (Å²) in [6, 6.07) is 8.07. The molecule has 0 atom stereocenters. The quantitative estimate of drug-likeness (QED) is 0.269. The molecular formula is C27H34N6O3. The van der Waals surface area contributed by atoms with Crippen LogP contribution in [0.5, 0.6) is 0 Å². The molecule has 1 aliphatic heterocycles. The number of para-hydroxylation sites is 2. The van der Waals surface area contributed by atoms with E-state index in [4.69, 9.17) is 9.72 Å². The summed E-state index contributed by atoms with van der Waals surface area (Å²) in [6.45, 7) is 5.02. The predicted molar refractivity (Wildman–Crippen MR) is 138 cm³/mol. The Morgan fingerprint density at radius 3 is 2.56 bits per heavy atom. The first-order chi connectivity index (χ1) is 17.5. The van der Waals surface area contributed by atoms with Crippen LogP contribution in [0, 0.1) is 0 Å². The molecule has 0 unspecified atom stereocenters. The van der Waals surface area contributed by atoms with Crippen LogP contribution in [0.2, 0.25) is 0 Å². The molecule has 9 nitrogen and oxygen atoms in total. The van der Waals surface area contributed by atoms with E-state index in [1.165, 1.54) is 0 Å². The number of nitrogens with zero attached hydrogens (tertiary/aromatic N) is 4. The molecular weight excluding hydrogens is 456 g/mol. The number of carbonyl (C=O) groups is 1. The van der Waals surface area contributed by atoms with Crippen LogP contribution in [0.15, 0.2) is 43.1 Å². The standard InChI is InChI=1S/C27H34N6O3/c1-2-15-36-18-29-21-5-3-4-6-22(21)30-24-28-16-19-17-32(25(34)33(20-7-8-20)23(19)31-24)26-9-12-27(35,13-10-26)14-11-26/h2-6,16,20,29,35H,1,7-15,17-18H2,(H,28,30,31). The molecule has 4 fully saturated rings. The number of hydrogen-bond acceptors (Lipinski definition) is 7. The van der Waals surface area contributed by atoms with Gasteiger partial charge in [-0.3, -0.25) is 4.90 Å². The van der Waals surface area contributed by atoms with Gasteiger partial charge in [0.2, 0.25) is 5.95 Å². The minimum absolute atomic E-state index is 0.0587.